The van der Waals surface area contributed by atoms with Gasteiger partial charge in [-0.25, -0.2) is 13.4 Å². The van der Waals surface area contributed by atoms with Crippen LogP contribution in [0.2, 0.25) is 0 Å². The van der Waals surface area contributed by atoms with Gasteiger partial charge in [0.05, 0.1) is 16.8 Å². The van der Waals surface area contributed by atoms with Crippen LogP contribution in [-0.2, 0) is 14.6 Å². The Balaban J connectivity index is 1.50. The maximum atomic E-state index is 12.4. The van der Waals surface area contributed by atoms with Gasteiger partial charge in [0.25, 0.3) is 5.22 Å². The molecule has 0 bridgehead atoms. The number of sulfone groups is 1. The first-order valence-corrected chi connectivity index (χ1v) is 11.5. The minimum atomic E-state index is -3.07. The number of carbonyl (C=O) groups excluding carboxylic acids is 1. The standard InChI is InChI=1S/C18H24N2O4S2/c1-13(2)12-26(22,23)14-7-9-20(10-8-14)17(21)11-25-18-19-15-5-3-4-6-16(15)24-18/h3-6,13-14H,7-12H2,1-2H3. The van der Waals surface area contributed by atoms with Crippen molar-refractivity contribution in [1.29, 1.82) is 0 Å². The molecule has 1 saturated heterocycles. The number of thioether (sulfide) groups is 1. The number of para-hydroxylation sites is 2. The summed E-state index contributed by atoms with van der Waals surface area (Å²) in [7, 11) is -3.07. The Hall–Kier alpha value is -1.54. The van der Waals surface area contributed by atoms with Gasteiger partial charge in [-0.15, -0.1) is 0 Å². The molecule has 3 rings (SSSR count). The van der Waals surface area contributed by atoms with E-state index in [0.717, 1.165) is 5.52 Å². The van der Waals surface area contributed by atoms with Crippen LogP contribution in [-0.4, -0.2) is 54.1 Å². The lowest BCUT2D eigenvalue weighted by Crippen LogP contribution is -2.44. The lowest BCUT2D eigenvalue weighted by Gasteiger charge is -2.32. The summed E-state index contributed by atoms with van der Waals surface area (Å²) in [6.07, 6.45) is 1.04. The number of likely N-dealkylation sites (tertiary alicyclic amines) is 1. The van der Waals surface area contributed by atoms with Gasteiger partial charge in [-0.2, -0.15) is 0 Å². The Bertz CT molecular complexity index is 835. The molecule has 0 N–H and O–H groups in total. The van der Waals surface area contributed by atoms with Gasteiger partial charge in [0.2, 0.25) is 5.91 Å². The average molecular weight is 397 g/mol. The van der Waals surface area contributed by atoms with E-state index in [1.54, 1.807) is 4.90 Å². The summed E-state index contributed by atoms with van der Waals surface area (Å²) in [4.78, 5) is 18.5. The van der Waals surface area contributed by atoms with Crippen molar-refractivity contribution in [3.63, 3.8) is 0 Å². The van der Waals surface area contributed by atoms with Crippen LogP contribution in [0.4, 0.5) is 0 Å². The fourth-order valence-electron chi connectivity index (χ4n) is 3.19. The van der Waals surface area contributed by atoms with Crippen LogP contribution in [0.3, 0.4) is 0 Å². The van der Waals surface area contributed by atoms with Crippen LogP contribution in [0.1, 0.15) is 26.7 Å². The molecule has 0 radical (unpaired) electrons. The number of aromatic nitrogens is 1. The van der Waals surface area contributed by atoms with Crippen molar-refractivity contribution >= 4 is 38.6 Å². The summed E-state index contributed by atoms with van der Waals surface area (Å²) in [6, 6.07) is 7.48. The minimum absolute atomic E-state index is 0.00281. The van der Waals surface area contributed by atoms with E-state index in [2.05, 4.69) is 4.98 Å². The van der Waals surface area contributed by atoms with Crippen LogP contribution in [0.15, 0.2) is 33.9 Å². The lowest BCUT2D eigenvalue weighted by molar-refractivity contribution is -0.129. The summed E-state index contributed by atoms with van der Waals surface area (Å²) in [6.45, 7) is 4.82. The zero-order valence-electron chi connectivity index (χ0n) is 15.1. The molecule has 1 aromatic carbocycles. The molecule has 1 aliphatic heterocycles. The van der Waals surface area contributed by atoms with Gasteiger partial charge in [-0.1, -0.05) is 37.7 Å². The number of oxazole rings is 1. The molecule has 1 amide bonds. The van der Waals surface area contributed by atoms with E-state index >= 15 is 0 Å². The van der Waals surface area contributed by atoms with Crippen molar-refractivity contribution in [3.05, 3.63) is 24.3 Å². The molecule has 0 unspecified atom stereocenters. The number of benzene rings is 1. The molecule has 2 aromatic rings. The first-order chi connectivity index (χ1) is 12.3. The third kappa shape index (κ3) is 4.59. The van der Waals surface area contributed by atoms with Gasteiger partial charge in [-0.3, -0.25) is 4.79 Å². The predicted octanol–water partition coefficient (Wildman–Crippen LogP) is 2.98. The molecular weight excluding hydrogens is 372 g/mol. The second-order valence-electron chi connectivity index (χ2n) is 7.04. The minimum Gasteiger partial charge on any atom is -0.431 e. The Morgan fingerprint density at radius 3 is 2.65 bits per heavy atom. The van der Waals surface area contributed by atoms with Crippen molar-refractivity contribution in [2.24, 2.45) is 5.92 Å². The molecule has 6 nitrogen and oxygen atoms in total. The molecule has 1 aromatic heterocycles. The molecule has 1 fully saturated rings. The molecule has 1 aliphatic rings. The molecule has 2 heterocycles. The normalized spacial score (nSPS) is 16.5. The molecule has 0 aliphatic carbocycles. The maximum Gasteiger partial charge on any atom is 0.257 e. The van der Waals surface area contributed by atoms with Crippen molar-refractivity contribution in [3.8, 4) is 0 Å². The molecule has 0 saturated carbocycles. The first kappa shape index (κ1) is 19.2. The predicted molar refractivity (Wildman–Crippen MR) is 103 cm³/mol. The third-order valence-corrected chi connectivity index (χ3v) is 7.89. The number of piperidine rings is 1. The smallest absolute Gasteiger partial charge is 0.257 e. The SMILES string of the molecule is CC(C)CS(=O)(=O)C1CCN(C(=O)CSc2nc3ccccc3o2)CC1. The first-order valence-electron chi connectivity index (χ1n) is 8.83. The third-order valence-electron chi connectivity index (χ3n) is 4.46. The van der Waals surface area contributed by atoms with E-state index in [9.17, 15) is 13.2 Å². The number of nitrogens with zero attached hydrogens (tertiary/aromatic N) is 2. The van der Waals surface area contributed by atoms with E-state index < -0.39 is 9.84 Å². The Morgan fingerprint density at radius 1 is 1.31 bits per heavy atom. The number of rotatable bonds is 6. The fourth-order valence-corrected chi connectivity index (χ4v) is 6.06. The topological polar surface area (TPSA) is 80.5 Å². The molecule has 8 heteroatoms. The number of carbonyl (C=O) groups is 1. The average Bonchev–Trinajstić information content (AvgIpc) is 3.01. The summed E-state index contributed by atoms with van der Waals surface area (Å²) in [5.74, 6) is 0.597. The molecule has 0 atom stereocenters. The molecule has 26 heavy (non-hydrogen) atoms. The van der Waals surface area contributed by atoms with Gasteiger partial charge < -0.3 is 9.32 Å². The van der Waals surface area contributed by atoms with Crippen molar-refractivity contribution in [2.75, 3.05) is 24.6 Å². The van der Waals surface area contributed by atoms with Gasteiger partial charge in [0.15, 0.2) is 15.4 Å². The number of hydrogen-bond donors (Lipinski definition) is 0. The van der Waals surface area contributed by atoms with Gasteiger partial charge in [0, 0.05) is 13.1 Å². The number of hydrogen-bond acceptors (Lipinski definition) is 6. The van der Waals surface area contributed by atoms with Gasteiger partial charge in [-0.05, 0) is 30.9 Å². The summed E-state index contributed by atoms with van der Waals surface area (Å²) in [5.41, 5.74) is 1.48. The van der Waals surface area contributed by atoms with Crippen LogP contribution < -0.4 is 0 Å². The maximum absolute atomic E-state index is 12.4. The second kappa shape index (κ2) is 8.00. The van der Waals surface area contributed by atoms with E-state index in [1.165, 1.54) is 11.8 Å². The molecular formula is C18H24N2O4S2. The number of amides is 1. The van der Waals surface area contributed by atoms with E-state index in [1.807, 2.05) is 38.1 Å². The fraction of sp³-hybridized carbons (Fsp3) is 0.556. The van der Waals surface area contributed by atoms with E-state index in [4.69, 9.17) is 4.42 Å². The second-order valence-corrected chi connectivity index (χ2v) is 10.3. The Morgan fingerprint density at radius 2 is 2.00 bits per heavy atom. The quantitative estimate of drug-likeness (QED) is 0.698. The molecule has 0 spiro atoms. The monoisotopic (exact) mass is 396 g/mol. The number of fused-ring (bicyclic) bond motifs is 1. The van der Waals surface area contributed by atoms with Crippen molar-refractivity contribution in [2.45, 2.75) is 37.2 Å². The van der Waals surface area contributed by atoms with Crippen LogP contribution >= 0.6 is 11.8 Å². The largest absolute Gasteiger partial charge is 0.431 e. The van der Waals surface area contributed by atoms with E-state index in [-0.39, 0.29) is 28.6 Å². The summed E-state index contributed by atoms with van der Waals surface area (Å²) in [5, 5.41) is 0.160. The van der Waals surface area contributed by atoms with Gasteiger partial charge >= 0.3 is 0 Å². The van der Waals surface area contributed by atoms with Crippen LogP contribution in [0.25, 0.3) is 11.1 Å². The molecule has 142 valence electrons. The van der Waals surface area contributed by atoms with Crippen molar-refractivity contribution < 1.29 is 17.6 Å². The zero-order chi connectivity index (χ0) is 18.7. The summed E-state index contributed by atoms with van der Waals surface area (Å²) >= 11 is 1.28. The highest BCUT2D eigenvalue weighted by molar-refractivity contribution is 7.99. The highest BCUT2D eigenvalue weighted by Crippen LogP contribution is 2.25. The summed E-state index contributed by atoms with van der Waals surface area (Å²) < 4.78 is 30.3. The lowest BCUT2D eigenvalue weighted by atomic mass is 10.1. The Kier molecular flexibility index (Phi) is 5.92. The van der Waals surface area contributed by atoms with Crippen LogP contribution in [0.5, 0.6) is 0 Å². The highest BCUT2D eigenvalue weighted by Gasteiger charge is 2.31. The Labute approximate surface area is 158 Å². The zero-order valence-corrected chi connectivity index (χ0v) is 16.7. The van der Waals surface area contributed by atoms with Gasteiger partial charge in [0.1, 0.15) is 5.52 Å². The van der Waals surface area contributed by atoms with E-state index in [0.29, 0.717) is 36.7 Å². The highest BCUT2D eigenvalue weighted by atomic mass is 32.2. The van der Waals surface area contributed by atoms with Crippen molar-refractivity contribution in [1.82, 2.24) is 9.88 Å². The van der Waals surface area contributed by atoms with Crippen LogP contribution in [0, 0.1) is 5.92 Å².